The molecule has 0 aliphatic carbocycles. The van der Waals surface area contributed by atoms with Crippen molar-refractivity contribution in [2.75, 3.05) is 11.1 Å². The second kappa shape index (κ2) is 7.08. The maximum absolute atomic E-state index is 12.7. The minimum absolute atomic E-state index is 0.0759. The first kappa shape index (κ1) is 18.1. The van der Waals surface area contributed by atoms with E-state index in [1.807, 2.05) is 0 Å². The number of nitrogens with one attached hydrogen (secondary N) is 1. The van der Waals surface area contributed by atoms with E-state index in [0.29, 0.717) is 10.9 Å². The number of nitrogens with zero attached hydrogens (tertiary/aromatic N) is 2. The Hall–Kier alpha value is -2.29. The summed E-state index contributed by atoms with van der Waals surface area (Å²) in [5.41, 5.74) is 5.54. The molecule has 0 fully saturated rings. The van der Waals surface area contributed by atoms with Gasteiger partial charge in [0.05, 0.1) is 10.8 Å². The molecule has 1 aromatic carbocycles. The quantitative estimate of drug-likeness (QED) is 0.647. The van der Waals surface area contributed by atoms with Crippen LogP contribution in [0.4, 0.5) is 24.7 Å². The number of amides is 1. The monoisotopic (exact) mass is 356 g/mol. The zero-order valence-electron chi connectivity index (χ0n) is 12.9. The molecule has 1 amide bonds. The summed E-state index contributed by atoms with van der Waals surface area (Å²) in [5, 5.41) is 2.18. The molecule has 5 nitrogen and oxygen atoms in total. The molecular formula is C15H15F3N4OS. The summed E-state index contributed by atoms with van der Waals surface area (Å²) in [5.74, 6) is -0.168. The molecule has 128 valence electrons. The first-order chi connectivity index (χ1) is 11.1. The fourth-order valence-electron chi connectivity index (χ4n) is 1.85. The Kier molecular flexibility index (Phi) is 5.33. The van der Waals surface area contributed by atoms with Crippen LogP contribution in [0.2, 0.25) is 0 Å². The molecule has 0 bridgehead atoms. The van der Waals surface area contributed by atoms with Crippen LogP contribution < -0.4 is 11.1 Å². The second-order valence-corrected chi connectivity index (χ2v) is 6.35. The molecule has 24 heavy (non-hydrogen) atoms. The average molecular weight is 356 g/mol. The van der Waals surface area contributed by atoms with Crippen molar-refractivity contribution in [3.05, 3.63) is 41.6 Å². The van der Waals surface area contributed by atoms with E-state index in [-0.39, 0.29) is 11.5 Å². The van der Waals surface area contributed by atoms with Gasteiger partial charge in [-0.2, -0.15) is 13.2 Å². The maximum atomic E-state index is 12.7. The number of nitrogens with two attached hydrogens (primary N) is 1. The number of halogens is 3. The van der Waals surface area contributed by atoms with E-state index in [1.165, 1.54) is 12.1 Å². The Labute approximate surface area is 140 Å². The van der Waals surface area contributed by atoms with Gasteiger partial charge >= 0.3 is 6.18 Å². The van der Waals surface area contributed by atoms with Crippen molar-refractivity contribution in [1.82, 2.24) is 9.97 Å². The molecular weight excluding hydrogens is 341 g/mol. The van der Waals surface area contributed by atoms with Crippen LogP contribution in [0.25, 0.3) is 0 Å². The molecule has 0 aliphatic rings. The molecule has 2 rings (SSSR count). The molecule has 1 atom stereocenters. The number of rotatable bonds is 4. The SMILES string of the molecule is Cc1cc(N)nc(SC(C)C(=O)Nc2cccc(C(F)(F)F)c2)n1. The molecule has 0 spiro atoms. The topological polar surface area (TPSA) is 80.9 Å². The predicted octanol–water partition coefficient (Wildman–Crippen LogP) is 3.51. The largest absolute Gasteiger partial charge is 0.416 e. The van der Waals surface area contributed by atoms with Crippen molar-refractivity contribution in [3.63, 3.8) is 0 Å². The molecule has 9 heteroatoms. The van der Waals surface area contributed by atoms with Crippen molar-refractivity contribution >= 4 is 29.2 Å². The van der Waals surface area contributed by atoms with Crippen LogP contribution in [0.1, 0.15) is 18.2 Å². The van der Waals surface area contributed by atoms with Crippen molar-refractivity contribution in [3.8, 4) is 0 Å². The third kappa shape index (κ3) is 4.85. The predicted molar refractivity (Wildman–Crippen MR) is 86.6 cm³/mol. The lowest BCUT2D eigenvalue weighted by Gasteiger charge is -2.13. The van der Waals surface area contributed by atoms with Gasteiger partial charge in [-0.3, -0.25) is 4.79 Å². The number of aryl methyl sites for hydroxylation is 1. The molecule has 3 N–H and O–H groups in total. The van der Waals surface area contributed by atoms with Crippen molar-refractivity contribution in [2.45, 2.75) is 30.4 Å². The standard InChI is InChI=1S/C15H15F3N4OS/c1-8-6-12(19)22-14(20-8)24-9(2)13(23)21-11-5-3-4-10(7-11)15(16,17)18/h3-7,9H,1-2H3,(H,21,23)(H2,19,20,22). The van der Waals surface area contributed by atoms with Gasteiger partial charge in [-0.1, -0.05) is 17.8 Å². The molecule has 1 aromatic heterocycles. The summed E-state index contributed by atoms with van der Waals surface area (Å²) in [6, 6.07) is 6.05. The van der Waals surface area contributed by atoms with Crippen molar-refractivity contribution in [2.24, 2.45) is 0 Å². The van der Waals surface area contributed by atoms with E-state index in [9.17, 15) is 18.0 Å². The Morgan fingerprint density at radius 2 is 2.00 bits per heavy atom. The molecule has 2 aromatic rings. The Balaban J connectivity index is 2.06. The number of hydrogen-bond acceptors (Lipinski definition) is 5. The molecule has 0 saturated carbocycles. The first-order valence-corrected chi connectivity index (χ1v) is 7.79. The van der Waals surface area contributed by atoms with Crippen LogP contribution in [0.5, 0.6) is 0 Å². The summed E-state index contributed by atoms with van der Waals surface area (Å²) in [6.45, 7) is 3.35. The summed E-state index contributed by atoms with van der Waals surface area (Å²) in [7, 11) is 0. The minimum Gasteiger partial charge on any atom is -0.384 e. The maximum Gasteiger partial charge on any atom is 0.416 e. The number of carbonyl (C=O) groups excluding carboxylic acids is 1. The zero-order valence-corrected chi connectivity index (χ0v) is 13.7. The summed E-state index contributed by atoms with van der Waals surface area (Å²) < 4.78 is 38.0. The van der Waals surface area contributed by atoms with E-state index in [4.69, 9.17) is 5.73 Å². The Morgan fingerprint density at radius 1 is 1.29 bits per heavy atom. The van der Waals surface area contributed by atoms with Crippen molar-refractivity contribution in [1.29, 1.82) is 0 Å². The van der Waals surface area contributed by atoms with Crippen LogP contribution in [0, 0.1) is 6.92 Å². The highest BCUT2D eigenvalue weighted by Gasteiger charge is 2.30. The number of thioether (sulfide) groups is 1. The van der Waals surface area contributed by atoms with Crippen molar-refractivity contribution < 1.29 is 18.0 Å². The number of anilines is 2. The van der Waals surface area contributed by atoms with Gasteiger partial charge in [0.15, 0.2) is 5.16 Å². The lowest BCUT2D eigenvalue weighted by Crippen LogP contribution is -2.23. The Morgan fingerprint density at radius 3 is 2.62 bits per heavy atom. The van der Waals surface area contributed by atoms with E-state index >= 15 is 0 Å². The zero-order chi connectivity index (χ0) is 17.9. The Bertz CT molecular complexity index is 731. The van der Waals surface area contributed by atoms with E-state index in [1.54, 1.807) is 19.9 Å². The van der Waals surface area contributed by atoms with Crippen LogP contribution in [-0.2, 0) is 11.0 Å². The van der Waals surface area contributed by atoms with Crippen LogP contribution in [0.15, 0.2) is 35.5 Å². The fraction of sp³-hybridized carbons (Fsp3) is 0.267. The average Bonchev–Trinajstić information content (AvgIpc) is 2.45. The number of benzene rings is 1. The van der Waals surface area contributed by atoms with Crippen LogP contribution in [-0.4, -0.2) is 21.1 Å². The molecule has 0 aliphatic heterocycles. The summed E-state index contributed by atoms with van der Waals surface area (Å²) in [6.07, 6.45) is -4.46. The molecule has 0 saturated heterocycles. The van der Waals surface area contributed by atoms with Crippen LogP contribution in [0.3, 0.4) is 0 Å². The number of hydrogen-bond donors (Lipinski definition) is 2. The van der Waals surface area contributed by atoms with E-state index in [0.717, 1.165) is 23.9 Å². The van der Waals surface area contributed by atoms with Gasteiger partial charge in [-0.25, -0.2) is 9.97 Å². The fourth-order valence-corrected chi connectivity index (χ4v) is 2.68. The second-order valence-electron chi connectivity index (χ2n) is 5.04. The van der Waals surface area contributed by atoms with Gasteiger partial charge in [0, 0.05) is 17.4 Å². The summed E-state index contributed by atoms with van der Waals surface area (Å²) in [4.78, 5) is 20.3. The van der Waals surface area contributed by atoms with Gasteiger partial charge in [-0.05, 0) is 32.0 Å². The number of carbonyl (C=O) groups is 1. The third-order valence-corrected chi connectivity index (χ3v) is 3.92. The highest BCUT2D eigenvalue weighted by Crippen LogP contribution is 2.31. The molecule has 1 heterocycles. The number of aromatic nitrogens is 2. The van der Waals surface area contributed by atoms with E-state index < -0.39 is 22.9 Å². The lowest BCUT2D eigenvalue weighted by molar-refractivity contribution is -0.137. The minimum atomic E-state index is -4.46. The smallest absolute Gasteiger partial charge is 0.384 e. The molecule has 1 unspecified atom stereocenters. The number of nitrogen functional groups attached to an aromatic ring is 1. The van der Waals surface area contributed by atoms with Gasteiger partial charge in [-0.15, -0.1) is 0 Å². The normalized spacial score (nSPS) is 12.7. The first-order valence-electron chi connectivity index (χ1n) is 6.91. The highest BCUT2D eigenvalue weighted by molar-refractivity contribution is 8.00. The van der Waals surface area contributed by atoms with Gasteiger partial charge < -0.3 is 11.1 Å². The molecule has 0 radical (unpaired) electrons. The van der Waals surface area contributed by atoms with Crippen LogP contribution >= 0.6 is 11.8 Å². The summed E-state index contributed by atoms with van der Waals surface area (Å²) >= 11 is 1.07. The van der Waals surface area contributed by atoms with Gasteiger partial charge in [0.1, 0.15) is 5.82 Å². The highest BCUT2D eigenvalue weighted by atomic mass is 32.2. The van der Waals surface area contributed by atoms with E-state index in [2.05, 4.69) is 15.3 Å². The van der Waals surface area contributed by atoms with Gasteiger partial charge in [0.2, 0.25) is 5.91 Å². The number of alkyl halides is 3. The third-order valence-electron chi connectivity index (χ3n) is 2.96. The van der Waals surface area contributed by atoms with Gasteiger partial charge in [0.25, 0.3) is 0 Å². The lowest BCUT2D eigenvalue weighted by atomic mass is 10.2.